The summed E-state index contributed by atoms with van der Waals surface area (Å²) < 4.78 is 0. The fourth-order valence-corrected chi connectivity index (χ4v) is 1.20. The molecule has 0 saturated heterocycles. The number of nitrogens with zero attached hydrogens (tertiary/aromatic N) is 1. The molecule has 0 aromatic carbocycles. The van der Waals surface area contributed by atoms with Gasteiger partial charge in [0.2, 0.25) is 0 Å². The molecule has 2 heterocycles. The lowest BCUT2D eigenvalue weighted by molar-refractivity contribution is 0.481. The Morgan fingerprint density at radius 2 is 1.80 bits per heavy atom. The average Bonchev–Trinajstić information content (AvgIpc) is 2.68. The van der Waals surface area contributed by atoms with E-state index in [1.165, 1.54) is 0 Å². The maximum atomic E-state index is 9.32. The van der Waals surface area contributed by atoms with Gasteiger partial charge in [-0.15, -0.1) is 0 Å². The first-order chi connectivity index (χ1) is 7.29. The highest BCUT2D eigenvalue weighted by molar-refractivity contribution is 5.85. The second-order valence-corrected chi connectivity index (χ2v) is 2.53. The Balaban J connectivity index is 0.000000442. The molecular formula is C12H20N2O. The van der Waals surface area contributed by atoms with Crippen LogP contribution < -0.4 is 0 Å². The van der Waals surface area contributed by atoms with E-state index in [1.54, 1.807) is 12.4 Å². The first kappa shape index (κ1) is 13.5. The minimum Gasteiger partial charge on any atom is -0.506 e. The summed E-state index contributed by atoms with van der Waals surface area (Å²) >= 11 is 0. The van der Waals surface area contributed by atoms with Crippen LogP contribution in [0.5, 0.6) is 5.75 Å². The largest absolute Gasteiger partial charge is 0.506 e. The van der Waals surface area contributed by atoms with E-state index in [4.69, 9.17) is 0 Å². The maximum Gasteiger partial charge on any atom is 0.142 e. The maximum absolute atomic E-state index is 9.32. The van der Waals surface area contributed by atoms with Gasteiger partial charge in [0, 0.05) is 12.4 Å². The Kier molecular flexibility index (Phi) is 6.18. The highest BCUT2D eigenvalue weighted by Gasteiger charge is 2.03. The number of hydrogen-bond acceptors (Lipinski definition) is 2. The summed E-state index contributed by atoms with van der Waals surface area (Å²) in [5.74, 6) is 0.269. The zero-order valence-corrected chi connectivity index (χ0v) is 10.1. The van der Waals surface area contributed by atoms with Gasteiger partial charge in [0.1, 0.15) is 11.4 Å². The van der Waals surface area contributed by atoms with Crippen molar-refractivity contribution >= 4 is 11.0 Å². The van der Waals surface area contributed by atoms with Gasteiger partial charge in [0.25, 0.3) is 0 Å². The average molecular weight is 208 g/mol. The predicted molar refractivity (Wildman–Crippen MR) is 65.2 cm³/mol. The molecule has 0 fully saturated rings. The SMILES string of the molecule is CC.CC.Cc1ccnc2[nH]cc(O)c12. The van der Waals surface area contributed by atoms with Crippen molar-refractivity contribution in [1.29, 1.82) is 0 Å². The highest BCUT2D eigenvalue weighted by Crippen LogP contribution is 2.24. The van der Waals surface area contributed by atoms with Crippen LogP contribution in [0.4, 0.5) is 0 Å². The zero-order valence-electron chi connectivity index (χ0n) is 10.1. The number of rotatable bonds is 0. The third kappa shape index (κ3) is 2.98. The van der Waals surface area contributed by atoms with Crippen LogP contribution in [0.1, 0.15) is 33.3 Å². The highest BCUT2D eigenvalue weighted by atomic mass is 16.3. The molecule has 15 heavy (non-hydrogen) atoms. The van der Waals surface area contributed by atoms with Crippen LogP contribution in [0.3, 0.4) is 0 Å². The molecule has 84 valence electrons. The summed E-state index contributed by atoms with van der Waals surface area (Å²) in [4.78, 5) is 6.91. The molecular weight excluding hydrogens is 188 g/mol. The van der Waals surface area contributed by atoms with E-state index in [0.29, 0.717) is 0 Å². The minimum atomic E-state index is 0.269. The molecule has 3 nitrogen and oxygen atoms in total. The van der Waals surface area contributed by atoms with Gasteiger partial charge in [-0.1, -0.05) is 27.7 Å². The number of hydrogen-bond donors (Lipinski definition) is 2. The smallest absolute Gasteiger partial charge is 0.142 e. The molecule has 2 aromatic rings. The van der Waals surface area contributed by atoms with E-state index in [2.05, 4.69) is 9.97 Å². The molecule has 0 atom stereocenters. The van der Waals surface area contributed by atoms with E-state index in [1.807, 2.05) is 40.7 Å². The van der Waals surface area contributed by atoms with Crippen LogP contribution in [0, 0.1) is 6.92 Å². The molecule has 0 aliphatic carbocycles. The molecule has 0 aliphatic heterocycles. The minimum absolute atomic E-state index is 0.269. The Morgan fingerprint density at radius 1 is 1.20 bits per heavy atom. The fraction of sp³-hybridized carbons (Fsp3) is 0.417. The third-order valence-corrected chi connectivity index (χ3v) is 1.76. The number of aromatic amines is 1. The van der Waals surface area contributed by atoms with Crippen molar-refractivity contribution < 1.29 is 5.11 Å². The van der Waals surface area contributed by atoms with Crippen molar-refractivity contribution in [1.82, 2.24) is 9.97 Å². The first-order valence-corrected chi connectivity index (χ1v) is 5.40. The summed E-state index contributed by atoms with van der Waals surface area (Å²) in [6.45, 7) is 9.94. The van der Waals surface area contributed by atoms with E-state index < -0.39 is 0 Å². The van der Waals surface area contributed by atoms with E-state index in [0.717, 1.165) is 16.6 Å². The summed E-state index contributed by atoms with van der Waals surface area (Å²) in [7, 11) is 0. The van der Waals surface area contributed by atoms with Crippen molar-refractivity contribution in [2.75, 3.05) is 0 Å². The summed E-state index contributed by atoms with van der Waals surface area (Å²) in [5, 5.41) is 10.1. The van der Waals surface area contributed by atoms with Crippen LogP contribution in [0.15, 0.2) is 18.5 Å². The van der Waals surface area contributed by atoms with E-state index in [-0.39, 0.29) is 5.75 Å². The van der Waals surface area contributed by atoms with Gasteiger partial charge in [-0.25, -0.2) is 4.98 Å². The van der Waals surface area contributed by atoms with Crippen molar-refractivity contribution in [2.24, 2.45) is 0 Å². The normalized spacial score (nSPS) is 8.60. The molecule has 2 N–H and O–H groups in total. The topological polar surface area (TPSA) is 48.9 Å². The van der Waals surface area contributed by atoms with Crippen LogP contribution in [-0.2, 0) is 0 Å². The van der Waals surface area contributed by atoms with Crippen LogP contribution in [0.2, 0.25) is 0 Å². The molecule has 3 heteroatoms. The molecule has 2 rings (SSSR count). The summed E-state index contributed by atoms with van der Waals surface area (Å²) in [5.41, 5.74) is 1.77. The molecule has 0 spiro atoms. The van der Waals surface area contributed by atoms with Crippen LogP contribution >= 0.6 is 0 Å². The quantitative estimate of drug-likeness (QED) is 0.694. The lowest BCUT2D eigenvalue weighted by Crippen LogP contribution is -1.77. The van der Waals surface area contributed by atoms with Crippen molar-refractivity contribution in [3.8, 4) is 5.75 Å². The predicted octanol–water partition coefficient (Wildman–Crippen LogP) is 3.63. The fourth-order valence-electron chi connectivity index (χ4n) is 1.20. The number of H-pyrrole nitrogens is 1. The first-order valence-electron chi connectivity index (χ1n) is 5.40. The van der Waals surface area contributed by atoms with Gasteiger partial charge in [0.15, 0.2) is 0 Å². The van der Waals surface area contributed by atoms with Crippen molar-refractivity contribution in [3.63, 3.8) is 0 Å². The second kappa shape index (κ2) is 6.87. The lowest BCUT2D eigenvalue weighted by atomic mass is 10.2. The van der Waals surface area contributed by atoms with E-state index in [9.17, 15) is 5.11 Å². The molecule has 0 bridgehead atoms. The van der Waals surface area contributed by atoms with Crippen molar-refractivity contribution in [2.45, 2.75) is 34.6 Å². The molecule has 0 saturated carbocycles. The Morgan fingerprint density at radius 3 is 2.33 bits per heavy atom. The van der Waals surface area contributed by atoms with E-state index >= 15 is 0 Å². The van der Waals surface area contributed by atoms with Gasteiger partial charge in [-0.3, -0.25) is 0 Å². The van der Waals surface area contributed by atoms with Crippen molar-refractivity contribution in [3.05, 3.63) is 24.0 Å². The number of aromatic nitrogens is 2. The number of aryl methyl sites for hydroxylation is 1. The van der Waals surface area contributed by atoms with Gasteiger partial charge in [-0.05, 0) is 18.6 Å². The Hall–Kier alpha value is -1.51. The molecule has 0 aliphatic rings. The number of nitrogens with one attached hydrogen (secondary N) is 1. The molecule has 0 amide bonds. The zero-order chi connectivity index (χ0) is 11.8. The summed E-state index contributed by atoms with van der Waals surface area (Å²) in [6, 6.07) is 1.87. The Labute approximate surface area is 91.2 Å². The van der Waals surface area contributed by atoms with Crippen LogP contribution in [-0.4, -0.2) is 15.1 Å². The molecule has 2 aromatic heterocycles. The van der Waals surface area contributed by atoms with Gasteiger partial charge in [-0.2, -0.15) is 0 Å². The van der Waals surface area contributed by atoms with Gasteiger partial charge >= 0.3 is 0 Å². The monoisotopic (exact) mass is 208 g/mol. The molecule has 0 unspecified atom stereocenters. The third-order valence-electron chi connectivity index (χ3n) is 1.76. The Bertz CT molecular complexity index is 393. The number of pyridine rings is 1. The molecule has 0 radical (unpaired) electrons. The van der Waals surface area contributed by atoms with Gasteiger partial charge < -0.3 is 10.1 Å². The number of aromatic hydroxyl groups is 1. The summed E-state index contributed by atoms with van der Waals surface area (Å²) in [6.07, 6.45) is 3.26. The van der Waals surface area contributed by atoms with Crippen LogP contribution in [0.25, 0.3) is 11.0 Å². The second-order valence-electron chi connectivity index (χ2n) is 2.53. The van der Waals surface area contributed by atoms with Gasteiger partial charge in [0.05, 0.1) is 5.39 Å². The lowest BCUT2D eigenvalue weighted by Gasteiger charge is -1.93. The number of fused-ring (bicyclic) bond motifs is 1. The standard InChI is InChI=1S/C8H8N2O.2C2H6/c1-5-2-3-9-8-7(5)6(11)4-10-8;2*1-2/h2-4,11H,1H3,(H,9,10);2*1-2H3.